The van der Waals surface area contributed by atoms with E-state index in [4.69, 9.17) is 4.74 Å². The number of para-hydroxylation sites is 1. The maximum absolute atomic E-state index is 13.8. The van der Waals surface area contributed by atoms with E-state index in [0.29, 0.717) is 30.0 Å². The van der Waals surface area contributed by atoms with Gasteiger partial charge in [-0.2, -0.15) is 0 Å². The summed E-state index contributed by atoms with van der Waals surface area (Å²) >= 11 is 0. The molecule has 9 nitrogen and oxygen atoms in total. The van der Waals surface area contributed by atoms with Crippen molar-refractivity contribution in [1.82, 2.24) is 9.80 Å². The molecule has 38 heavy (non-hydrogen) atoms. The highest BCUT2D eigenvalue weighted by Crippen LogP contribution is 2.31. The molecule has 1 heterocycles. The largest absolute Gasteiger partial charge is 0.495 e. The zero-order valence-corrected chi connectivity index (χ0v) is 22.6. The zero-order chi connectivity index (χ0) is 27.3. The van der Waals surface area contributed by atoms with E-state index >= 15 is 0 Å². The number of hydrogen-bond donors (Lipinski definition) is 1. The number of aryl methyl sites for hydroxylation is 1. The summed E-state index contributed by atoms with van der Waals surface area (Å²) in [6.07, 6.45) is 0. The summed E-state index contributed by atoms with van der Waals surface area (Å²) in [6.45, 7) is 4.33. The third-order valence-electron chi connectivity index (χ3n) is 6.42. The second kappa shape index (κ2) is 11.7. The van der Waals surface area contributed by atoms with Gasteiger partial charge >= 0.3 is 0 Å². The van der Waals surface area contributed by atoms with Crippen molar-refractivity contribution in [2.45, 2.75) is 11.8 Å². The van der Waals surface area contributed by atoms with Crippen molar-refractivity contribution >= 4 is 33.2 Å². The number of hydrogen-bond acceptors (Lipinski definition) is 6. The van der Waals surface area contributed by atoms with Crippen LogP contribution in [0.3, 0.4) is 0 Å². The summed E-state index contributed by atoms with van der Waals surface area (Å²) < 4.78 is 33.9. The van der Waals surface area contributed by atoms with Crippen LogP contribution >= 0.6 is 0 Å². The van der Waals surface area contributed by atoms with Crippen molar-refractivity contribution in [3.63, 3.8) is 0 Å². The molecule has 3 aromatic carbocycles. The second-order valence-corrected chi connectivity index (χ2v) is 11.1. The fourth-order valence-corrected chi connectivity index (χ4v) is 5.90. The first-order valence-electron chi connectivity index (χ1n) is 12.3. The Labute approximate surface area is 223 Å². The fraction of sp³-hybridized carbons (Fsp3) is 0.286. The van der Waals surface area contributed by atoms with E-state index in [1.165, 1.54) is 13.2 Å². The zero-order valence-electron chi connectivity index (χ0n) is 21.8. The summed E-state index contributed by atoms with van der Waals surface area (Å²) in [5.74, 6) is -0.385. The van der Waals surface area contributed by atoms with E-state index in [1.54, 1.807) is 73.7 Å². The molecule has 0 radical (unpaired) electrons. The van der Waals surface area contributed by atoms with Gasteiger partial charge in [-0.25, -0.2) is 8.42 Å². The first-order valence-corrected chi connectivity index (χ1v) is 13.7. The first kappa shape index (κ1) is 27.2. The van der Waals surface area contributed by atoms with Crippen molar-refractivity contribution in [3.05, 3.63) is 83.9 Å². The van der Waals surface area contributed by atoms with Gasteiger partial charge in [-0.15, -0.1) is 0 Å². The van der Waals surface area contributed by atoms with Crippen molar-refractivity contribution in [1.29, 1.82) is 0 Å². The van der Waals surface area contributed by atoms with Gasteiger partial charge in [-0.3, -0.25) is 13.9 Å². The number of rotatable bonds is 8. The van der Waals surface area contributed by atoms with Crippen LogP contribution in [0, 0.1) is 6.92 Å². The number of nitrogens with zero attached hydrogens (tertiary/aromatic N) is 3. The second-order valence-electron chi connectivity index (χ2n) is 9.22. The predicted octanol–water partition coefficient (Wildman–Crippen LogP) is 3.23. The lowest BCUT2D eigenvalue weighted by Gasteiger charge is -2.32. The third-order valence-corrected chi connectivity index (χ3v) is 8.22. The van der Waals surface area contributed by atoms with E-state index in [1.807, 2.05) is 11.9 Å². The molecule has 1 aliphatic heterocycles. The molecule has 0 bridgehead atoms. The fourth-order valence-electron chi connectivity index (χ4n) is 4.23. The molecule has 0 aliphatic carbocycles. The Kier molecular flexibility index (Phi) is 8.33. The number of sulfonamides is 1. The number of nitrogens with one attached hydrogen (secondary N) is 1. The van der Waals surface area contributed by atoms with Crippen molar-refractivity contribution in [2.75, 3.05) is 56.5 Å². The van der Waals surface area contributed by atoms with Gasteiger partial charge in [-0.1, -0.05) is 24.3 Å². The number of carbonyl (C=O) groups is 2. The lowest BCUT2D eigenvalue weighted by atomic mass is 10.1. The molecule has 0 aromatic heterocycles. The van der Waals surface area contributed by atoms with Gasteiger partial charge in [0.15, 0.2) is 0 Å². The first-order chi connectivity index (χ1) is 18.2. The number of carbonyl (C=O) groups excluding carboxylic acids is 2. The van der Waals surface area contributed by atoms with Crippen molar-refractivity contribution in [3.8, 4) is 5.75 Å². The number of likely N-dealkylation sites (N-methyl/N-ethyl adjacent to an activating group) is 1. The summed E-state index contributed by atoms with van der Waals surface area (Å²) in [4.78, 5) is 29.8. The molecule has 4 rings (SSSR count). The number of anilines is 2. The van der Waals surface area contributed by atoms with E-state index in [9.17, 15) is 18.0 Å². The molecular formula is C28H32N4O5S. The van der Waals surface area contributed by atoms with Crippen LogP contribution in [0.5, 0.6) is 5.75 Å². The van der Waals surface area contributed by atoms with Crippen LogP contribution in [0.4, 0.5) is 11.4 Å². The minimum absolute atomic E-state index is 0.0246. The average Bonchev–Trinajstić information content (AvgIpc) is 2.92. The third kappa shape index (κ3) is 6.15. The van der Waals surface area contributed by atoms with Gasteiger partial charge in [0.25, 0.3) is 15.9 Å². The maximum Gasteiger partial charge on any atom is 0.268 e. The Hall–Kier alpha value is -3.89. The van der Waals surface area contributed by atoms with Crippen LogP contribution in [0.15, 0.2) is 77.7 Å². The molecule has 200 valence electrons. The molecule has 1 fully saturated rings. The molecule has 0 saturated carbocycles. The number of ether oxygens (including phenoxy) is 1. The molecule has 0 atom stereocenters. The number of benzene rings is 3. The predicted molar refractivity (Wildman–Crippen MR) is 147 cm³/mol. The van der Waals surface area contributed by atoms with E-state index in [0.717, 1.165) is 23.0 Å². The SMILES string of the molecule is COc1ccc(C)cc1S(=O)(=O)N(CC(=O)Nc1ccc(C(=O)N2CCN(C)CC2)cc1)c1ccccc1. The highest BCUT2D eigenvalue weighted by Gasteiger charge is 2.30. The van der Waals surface area contributed by atoms with Gasteiger partial charge in [-0.05, 0) is 68.1 Å². The van der Waals surface area contributed by atoms with E-state index < -0.39 is 22.5 Å². The van der Waals surface area contributed by atoms with Gasteiger partial charge in [0.05, 0.1) is 12.8 Å². The van der Waals surface area contributed by atoms with Crippen molar-refractivity contribution in [2.24, 2.45) is 0 Å². The van der Waals surface area contributed by atoms with Gasteiger partial charge in [0.2, 0.25) is 5.91 Å². The topological polar surface area (TPSA) is 99.3 Å². The molecule has 0 unspecified atom stereocenters. The van der Waals surface area contributed by atoms with Crippen LogP contribution in [0.2, 0.25) is 0 Å². The molecule has 3 aromatic rings. The summed E-state index contributed by atoms with van der Waals surface area (Å²) in [5, 5.41) is 2.75. The molecule has 10 heteroatoms. The lowest BCUT2D eigenvalue weighted by Crippen LogP contribution is -2.47. The average molecular weight is 537 g/mol. The van der Waals surface area contributed by atoms with Crippen LogP contribution in [0.1, 0.15) is 15.9 Å². The summed E-state index contributed by atoms with van der Waals surface area (Å²) in [7, 11) is -0.714. The number of amides is 2. The number of piperazine rings is 1. The highest BCUT2D eigenvalue weighted by molar-refractivity contribution is 7.93. The van der Waals surface area contributed by atoms with Crippen LogP contribution in [0.25, 0.3) is 0 Å². The molecule has 2 amide bonds. The monoisotopic (exact) mass is 536 g/mol. The molecule has 1 aliphatic rings. The smallest absolute Gasteiger partial charge is 0.268 e. The van der Waals surface area contributed by atoms with E-state index in [-0.39, 0.29) is 16.6 Å². The van der Waals surface area contributed by atoms with E-state index in [2.05, 4.69) is 10.2 Å². The van der Waals surface area contributed by atoms with Crippen molar-refractivity contribution < 1.29 is 22.7 Å². The summed E-state index contributed by atoms with van der Waals surface area (Å²) in [5.41, 5.74) is 2.09. The molecule has 1 N–H and O–H groups in total. The Morgan fingerprint density at radius 1 is 0.947 bits per heavy atom. The summed E-state index contributed by atoms with van der Waals surface area (Å²) in [6, 6.07) is 19.9. The van der Waals surface area contributed by atoms with Crippen LogP contribution < -0.4 is 14.4 Å². The lowest BCUT2D eigenvalue weighted by molar-refractivity contribution is -0.114. The van der Waals surface area contributed by atoms with Gasteiger partial charge in [0.1, 0.15) is 17.2 Å². The number of methoxy groups -OCH3 is 1. The normalized spacial score (nSPS) is 14.1. The standard InChI is InChI=1S/C28H32N4O5S/c1-21-9-14-25(37-3)26(19-21)38(35,36)32(24-7-5-4-6-8-24)20-27(33)29-23-12-10-22(11-13-23)28(34)31-17-15-30(2)16-18-31/h4-14,19H,15-18,20H2,1-3H3,(H,29,33). The Morgan fingerprint density at radius 3 is 2.24 bits per heavy atom. The van der Waals surface area contributed by atoms with Crippen LogP contribution in [-0.4, -0.2) is 76.9 Å². The minimum atomic E-state index is -4.15. The minimum Gasteiger partial charge on any atom is -0.495 e. The Morgan fingerprint density at radius 2 is 1.61 bits per heavy atom. The Bertz CT molecular complexity index is 1390. The Balaban J connectivity index is 1.52. The highest BCUT2D eigenvalue weighted by atomic mass is 32.2. The van der Waals surface area contributed by atoms with Crippen LogP contribution in [-0.2, 0) is 14.8 Å². The molecule has 1 saturated heterocycles. The van der Waals surface area contributed by atoms with Gasteiger partial charge < -0.3 is 19.9 Å². The quantitative estimate of drug-likeness (QED) is 0.475. The van der Waals surface area contributed by atoms with Gasteiger partial charge in [0, 0.05) is 37.4 Å². The molecule has 0 spiro atoms. The molecular weight excluding hydrogens is 504 g/mol. The maximum atomic E-state index is 13.8.